The number of hydrogen-bond donors (Lipinski definition) is 0. The minimum Gasteiger partial charge on any atom is -0.494 e. The number of thiazole rings is 1. The zero-order valence-corrected chi connectivity index (χ0v) is 20.4. The Morgan fingerprint density at radius 2 is 1.88 bits per heavy atom. The fourth-order valence-corrected chi connectivity index (χ4v) is 4.57. The Bertz CT molecular complexity index is 1230. The molecule has 0 fully saturated rings. The van der Waals surface area contributed by atoms with Gasteiger partial charge < -0.3 is 9.47 Å². The highest BCUT2D eigenvalue weighted by Gasteiger charge is 2.22. The van der Waals surface area contributed by atoms with Crippen molar-refractivity contribution >= 4 is 32.6 Å². The van der Waals surface area contributed by atoms with E-state index in [1.807, 2.05) is 61.5 Å². The molecule has 4 aromatic rings. The second kappa shape index (κ2) is 11.6. The van der Waals surface area contributed by atoms with Crippen LogP contribution < -0.4 is 14.4 Å². The predicted molar refractivity (Wildman–Crippen MR) is 137 cm³/mol. The van der Waals surface area contributed by atoms with Crippen molar-refractivity contribution in [1.29, 1.82) is 0 Å². The van der Waals surface area contributed by atoms with E-state index in [2.05, 4.69) is 11.9 Å². The average Bonchev–Trinajstić information content (AvgIpc) is 3.29. The fraction of sp³-hybridized carbons (Fsp3) is 0.296. The molecular formula is C27H29N3O3S. The van der Waals surface area contributed by atoms with Crippen molar-refractivity contribution in [3.8, 4) is 11.5 Å². The SMILES string of the molecule is CCCCCOc1cccc(C(=O)N(Cc2cccnc2)c2nc3ccc(OCC)cc3s2)c1. The molecule has 2 aromatic carbocycles. The average molecular weight is 476 g/mol. The van der Waals surface area contributed by atoms with Crippen LogP contribution in [0.25, 0.3) is 10.2 Å². The van der Waals surface area contributed by atoms with Crippen LogP contribution in [-0.4, -0.2) is 29.1 Å². The third-order valence-electron chi connectivity index (χ3n) is 5.30. The number of ether oxygens (including phenoxy) is 2. The van der Waals surface area contributed by atoms with Crippen LogP contribution in [0.15, 0.2) is 67.0 Å². The first kappa shape index (κ1) is 23.7. The van der Waals surface area contributed by atoms with Gasteiger partial charge in [-0.1, -0.05) is 43.2 Å². The Hall–Kier alpha value is -3.45. The maximum atomic E-state index is 13.7. The standard InChI is InChI=1S/C27H29N3O3S/c1-3-5-6-15-33-22-11-7-10-21(16-22)26(31)30(19-20-9-8-14-28-18-20)27-29-24-13-12-23(32-4-2)17-25(24)34-27/h7-14,16-18H,3-6,15,19H2,1-2H3. The van der Waals surface area contributed by atoms with Crippen LogP contribution in [0.2, 0.25) is 0 Å². The number of aromatic nitrogens is 2. The minimum absolute atomic E-state index is 0.132. The lowest BCUT2D eigenvalue weighted by Gasteiger charge is -2.20. The van der Waals surface area contributed by atoms with Crippen LogP contribution in [0.3, 0.4) is 0 Å². The molecule has 0 radical (unpaired) electrons. The smallest absolute Gasteiger partial charge is 0.260 e. The predicted octanol–water partition coefficient (Wildman–Crippen LogP) is 6.51. The Kier molecular flexibility index (Phi) is 8.09. The number of pyridine rings is 1. The molecule has 2 heterocycles. The zero-order chi connectivity index (χ0) is 23.8. The van der Waals surface area contributed by atoms with Gasteiger partial charge in [-0.3, -0.25) is 14.7 Å². The summed E-state index contributed by atoms with van der Waals surface area (Å²) in [5, 5.41) is 0.631. The third kappa shape index (κ3) is 5.91. The third-order valence-corrected chi connectivity index (χ3v) is 6.34. The van der Waals surface area contributed by atoms with Crippen molar-refractivity contribution < 1.29 is 14.3 Å². The summed E-state index contributed by atoms with van der Waals surface area (Å²) in [5.74, 6) is 1.36. The van der Waals surface area contributed by atoms with E-state index >= 15 is 0 Å². The second-order valence-electron chi connectivity index (χ2n) is 7.89. The summed E-state index contributed by atoms with van der Waals surface area (Å²) in [5.41, 5.74) is 2.32. The highest BCUT2D eigenvalue weighted by atomic mass is 32.1. The first-order valence-corrected chi connectivity index (χ1v) is 12.5. The molecule has 0 unspecified atom stereocenters. The minimum atomic E-state index is -0.132. The van der Waals surface area contributed by atoms with Crippen molar-refractivity contribution in [2.45, 2.75) is 39.7 Å². The van der Waals surface area contributed by atoms with Gasteiger partial charge in [-0.2, -0.15) is 0 Å². The number of amides is 1. The van der Waals surface area contributed by atoms with Gasteiger partial charge in [0.05, 0.1) is 30.0 Å². The van der Waals surface area contributed by atoms with E-state index in [0.717, 1.165) is 40.8 Å². The van der Waals surface area contributed by atoms with E-state index in [1.54, 1.807) is 17.3 Å². The summed E-state index contributed by atoms with van der Waals surface area (Å²) in [7, 11) is 0. The summed E-state index contributed by atoms with van der Waals surface area (Å²) in [6.45, 7) is 5.73. The Morgan fingerprint density at radius 1 is 1.00 bits per heavy atom. The lowest BCUT2D eigenvalue weighted by atomic mass is 10.1. The van der Waals surface area contributed by atoms with Gasteiger partial charge in [0.2, 0.25) is 0 Å². The van der Waals surface area contributed by atoms with Crippen LogP contribution in [0, 0.1) is 0 Å². The number of rotatable bonds is 11. The molecule has 0 aliphatic heterocycles. The molecular weight excluding hydrogens is 446 g/mol. The van der Waals surface area contributed by atoms with Gasteiger partial charge >= 0.3 is 0 Å². The number of fused-ring (bicyclic) bond motifs is 1. The van der Waals surface area contributed by atoms with E-state index in [0.29, 0.717) is 36.2 Å². The lowest BCUT2D eigenvalue weighted by molar-refractivity contribution is 0.0984. The van der Waals surface area contributed by atoms with E-state index in [4.69, 9.17) is 14.5 Å². The number of hydrogen-bond acceptors (Lipinski definition) is 6. The molecule has 7 heteroatoms. The summed E-state index contributed by atoms with van der Waals surface area (Å²) in [4.78, 5) is 24.4. The molecule has 2 aromatic heterocycles. The van der Waals surface area contributed by atoms with Crippen molar-refractivity contribution in [3.63, 3.8) is 0 Å². The monoisotopic (exact) mass is 475 g/mol. The van der Waals surface area contributed by atoms with Crippen molar-refractivity contribution in [2.75, 3.05) is 18.1 Å². The molecule has 0 saturated heterocycles. The van der Waals surface area contributed by atoms with Gasteiger partial charge in [-0.15, -0.1) is 0 Å². The molecule has 0 saturated carbocycles. The largest absolute Gasteiger partial charge is 0.494 e. The highest BCUT2D eigenvalue weighted by molar-refractivity contribution is 7.22. The number of benzene rings is 2. The van der Waals surface area contributed by atoms with Gasteiger partial charge in [-0.05, 0) is 61.4 Å². The first-order chi connectivity index (χ1) is 16.7. The number of unbranched alkanes of at least 4 members (excludes halogenated alkanes) is 2. The maximum Gasteiger partial charge on any atom is 0.260 e. The van der Waals surface area contributed by atoms with Crippen LogP contribution in [0.4, 0.5) is 5.13 Å². The quantitative estimate of drug-likeness (QED) is 0.232. The van der Waals surface area contributed by atoms with Crippen molar-refractivity contribution in [3.05, 3.63) is 78.1 Å². The van der Waals surface area contributed by atoms with Gasteiger partial charge in [0, 0.05) is 18.0 Å². The van der Waals surface area contributed by atoms with Crippen LogP contribution in [0.5, 0.6) is 11.5 Å². The van der Waals surface area contributed by atoms with Gasteiger partial charge in [0.15, 0.2) is 5.13 Å². The normalized spacial score (nSPS) is 10.9. The second-order valence-corrected chi connectivity index (χ2v) is 8.90. The molecule has 176 valence electrons. The molecule has 0 spiro atoms. The summed E-state index contributed by atoms with van der Waals surface area (Å²) in [6, 6.07) is 17.0. The van der Waals surface area contributed by atoms with E-state index in [1.165, 1.54) is 11.3 Å². The maximum absolute atomic E-state index is 13.7. The van der Waals surface area contributed by atoms with Crippen LogP contribution in [0.1, 0.15) is 49.0 Å². The molecule has 4 rings (SSSR count). The lowest BCUT2D eigenvalue weighted by Crippen LogP contribution is -2.30. The molecule has 0 aliphatic carbocycles. The molecule has 6 nitrogen and oxygen atoms in total. The molecule has 0 bridgehead atoms. The van der Waals surface area contributed by atoms with Crippen LogP contribution in [-0.2, 0) is 6.54 Å². The molecule has 34 heavy (non-hydrogen) atoms. The molecule has 0 aliphatic rings. The topological polar surface area (TPSA) is 64.5 Å². The molecule has 1 amide bonds. The number of carbonyl (C=O) groups is 1. The Labute approximate surface area is 204 Å². The number of carbonyl (C=O) groups excluding carboxylic acids is 1. The summed E-state index contributed by atoms with van der Waals surface area (Å²) >= 11 is 1.47. The highest BCUT2D eigenvalue weighted by Crippen LogP contribution is 2.33. The van der Waals surface area contributed by atoms with Crippen LogP contribution >= 0.6 is 11.3 Å². The molecule has 0 N–H and O–H groups in total. The zero-order valence-electron chi connectivity index (χ0n) is 19.6. The van der Waals surface area contributed by atoms with Gasteiger partial charge in [0.25, 0.3) is 5.91 Å². The Balaban J connectivity index is 1.64. The van der Waals surface area contributed by atoms with Crippen molar-refractivity contribution in [1.82, 2.24) is 9.97 Å². The van der Waals surface area contributed by atoms with Gasteiger partial charge in [-0.25, -0.2) is 4.98 Å². The van der Waals surface area contributed by atoms with E-state index < -0.39 is 0 Å². The first-order valence-electron chi connectivity index (χ1n) is 11.6. The summed E-state index contributed by atoms with van der Waals surface area (Å²) < 4.78 is 12.5. The van der Waals surface area contributed by atoms with E-state index in [9.17, 15) is 4.79 Å². The van der Waals surface area contributed by atoms with Crippen molar-refractivity contribution in [2.24, 2.45) is 0 Å². The number of nitrogens with zero attached hydrogens (tertiary/aromatic N) is 3. The fourth-order valence-electron chi connectivity index (χ4n) is 3.58. The Morgan fingerprint density at radius 3 is 2.68 bits per heavy atom. The van der Waals surface area contributed by atoms with Gasteiger partial charge in [0.1, 0.15) is 11.5 Å². The molecule has 0 atom stereocenters. The number of anilines is 1. The summed E-state index contributed by atoms with van der Waals surface area (Å²) in [6.07, 6.45) is 6.76. The van der Waals surface area contributed by atoms with E-state index in [-0.39, 0.29) is 5.91 Å².